The Labute approximate surface area is 467 Å². The van der Waals surface area contributed by atoms with Crippen molar-refractivity contribution in [2.45, 2.75) is 144 Å². The monoisotopic (exact) mass is 1050 g/mol. The lowest BCUT2D eigenvalue weighted by molar-refractivity contribution is 0.00578. The molecule has 392 valence electrons. The smallest absolute Gasteiger partial charge is 0.399 e. The summed E-state index contributed by atoms with van der Waals surface area (Å²) in [6, 6.07) is 57.0. The SMILES string of the molecule is CC(C)(C)c1ccc(N(c2ccc(C(C)(C)C)cc2-c2ccc3ccc4cccc5ccc2c3c45)c2cc(B3OC(C)(C)C(C)(C)O3)cc(N(c3ccc(C(C)(C)C)cc3)c3csc4ccc(C(C)(C)C)cc34)c2Cl)cc1. The van der Waals surface area contributed by atoms with E-state index in [0.717, 1.165) is 50.7 Å². The molecule has 0 aliphatic carbocycles. The molecular weight excluding hydrogens is 979 g/mol. The third-order valence-corrected chi connectivity index (χ3v) is 18.0. The van der Waals surface area contributed by atoms with Gasteiger partial charge >= 0.3 is 7.12 Å². The highest BCUT2D eigenvalue weighted by molar-refractivity contribution is 7.17. The van der Waals surface area contributed by atoms with Crippen LogP contribution >= 0.6 is 22.9 Å². The van der Waals surface area contributed by atoms with Crippen LogP contribution in [0.2, 0.25) is 5.02 Å². The first kappa shape index (κ1) is 52.9. The molecule has 1 aliphatic heterocycles. The Hall–Kier alpha value is -6.15. The summed E-state index contributed by atoms with van der Waals surface area (Å²) in [5.41, 5.74) is 12.3. The molecule has 0 saturated carbocycles. The summed E-state index contributed by atoms with van der Waals surface area (Å²) in [6.45, 7) is 35.9. The highest BCUT2D eigenvalue weighted by Crippen LogP contribution is 2.53. The molecule has 0 unspecified atom stereocenters. The fourth-order valence-electron chi connectivity index (χ4n) is 11.1. The van der Waals surface area contributed by atoms with Gasteiger partial charge in [-0.05, 0) is 176 Å². The number of hydrogen-bond acceptors (Lipinski definition) is 5. The first-order valence-electron chi connectivity index (χ1n) is 27.4. The molecule has 0 atom stereocenters. The van der Waals surface area contributed by atoms with Crippen molar-refractivity contribution in [1.82, 2.24) is 0 Å². The second-order valence-electron chi connectivity index (χ2n) is 26.8. The first-order valence-corrected chi connectivity index (χ1v) is 28.7. The number of fused-ring (bicyclic) bond motifs is 1. The van der Waals surface area contributed by atoms with Gasteiger partial charge in [0.05, 0.1) is 39.0 Å². The Bertz CT molecular complexity index is 3850. The van der Waals surface area contributed by atoms with Gasteiger partial charge in [0.25, 0.3) is 0 Å². The molecule has 1 aromatic heterocycles. The van der Waals surface area contributed by atoms with Crippen molar-refractivity contribution in [3.63, 3.8) is 0 Å². The van der Waals surface area contributed by atoms with Crippen molar-refractivity contribution in [3.8, 4) is 11.1 Å². The maximum Gasteiger partial charge on any atom is 0.494 e. The lowest BCUT2D eigenvalue weighted by Gasteiger charge is -2.34. The molecule has 77 heavy (non-hydrogen) atoms. The largest absolute Gasteiger partial charge is 0.494 e. The van der Waals surface area contributed by atoms with E-state index in [9.17, 15) is 0 Å². The van der Waals surface area contributed by atoms with E-state index < -0.39 is 18.3 Å². The van der Waals surface area contributed by atoms with Gasteiger partial charge in [-0.1, -0.05) is 186 Å². The highest BCUT2D eigenvalue weighted by Gasteiger charge is 2.52. The summed E-state index contributed by atoms with van der Waals surface area (Å²) in [7, 11) is -0.697. The molecule has 4 nitrogen and oxygen atoms in total. The predicted molar refractivity (Wildman–Crippen MR) is 336 cm³/mol. The lowest BCUT2D eigenvalue weighted by Crippen LogP contribution is -2.41. The van der Waals surface area contributed by atoms with Crippen LogP contribution in [-0.2, 0) is 31.0 Å². The average molecular weight is 1050 g/mol. The minimum Gasteiger partial charge on any atom is -0.399 e. The number of hydrogen-bond donors (Lipinski definition) is 0. The van der Waals surface area contributed by atoms with E-state index in [4.69, 9.17) is 20.9 Å². The molecule has 0 spiro atoms. The van der Waals surface area contributed by atoms with Gasteiger partial charge in [-0.3, -0.25) is 0 Å². The summed E-state index contributed by atoms with van der Waals surface area (Å²) in [5.74, 6) is 0. The number of thiophene rings is 1. The van der Waals surface area contributed by atoms with E-state index in [-0.39, 0.29) is 21.7 Å². The van der Waals surface area contributed by atoms with Gasteiger partial charge in [0, 0.05) is 32.4 Å². The van der Waals surface area contributed by atoms with E-state index in [0.29, 0.717) is 5.02 Å². The molecule has 0 radical (unpaired) electrons. The van der Waals surface area contributed by atoms with Crippen molar-refractivity contribution in [3.05, 3.63) is 184 Å². The van der Waals surface area contributed by atoms with E-state index in [1.165, 1.54) is 64.7 Å². The van der Waals surface area contributed by atoms with E-state index in [2.05, 4.69) is 278 Å². The van der Waals surface area contributed by atoms with E-state index in [1.54, 1.807) is 11.3 Å². The van der Waals surface area contributed by atoms with Gasteiger partial charge in [-0.25, -0.2) is 0 Å². The van der Waals surface area contributed by atoms with E-state index >= 15 is 0 Å². The molecule has 0 amide bonds. The quantitative estimate of drug-likeness (QED) is 0.112. The fourth-order valence-corrected chi connectivity index (χ4v) is 12.3. The highest BCUT2D eigenvalue weighted by atomic mass is 35.5. The summed E-state index contributed by atoms with van der Waals surface area (Å²) in [4.78, 5) is 4.78. The summed E-state index contributed by atoms with van der Waals surface area (Å²) in [6.07, 6.45) is 0. The zero-order chi connectivity index (χ0) is 54.9. The lowest BCUT2D eigenvalue weighted by atomic mass is 9.78. The molecule has 0 bridgehead atoms. The van der Waals surface area contributed by atoms with Gasteiger partial charge in [-0.2, -0.15) is 0 Å². The van der Waals surface area contributed by atoms with Crippen molar-refractivity contribution in [2.75, 3.05) is 9.80 Å². The van der Waals surface area contributed by atoms with Crippen molar-refractivity contribution < 1.29 is 9.31 Å². The molecule has 1 fully saturated rings. The van der Waals surface area contributed by atoms with Crippen LogP contribution in [0.15, 0.2) is 157 Å². The van der Waals surface area contributed by atoms with Crippen LogP contribution in [0.25, 0.3) is 53.5 Å². The van der Waals surface area contributed by atoms with Crippen LogP contribution < -0.4 is 15.3 Å². The second kappa shape index (κ2) is 18.5. The normalized spacial score (nSPS) is 15.2. The summed E-state index contributed by atoms with van der Waals surface area (Å²) in [5, 5.41) is 11.6. The zero-order valence-electron chi connectivity index (χ0n) is 48.1. The topological polar surface area (TPSA) is 24.9 Å². The van der Waals surface area contributed by atoms with Gasteiger partial charge < -0.3 is 19.1 Å². The van der Waals surface area contributed by atoms with Crippen molar-refractivity contribution in [2.24, 2.45) is 0 Å². The third-order valence-electron chi connectivity index (χ3n) is 16.6. The number of nitrogens with zero attached hydrogens (tertiary/aromatic N) is 2. The third kappa shape index (κ3) is 9.41. The predicted octanol–water partition coefficient (Wildman–Crippen LogP) is 20.5. The molecule has 10 aromatic rings. The maximum atomic E-state index is 8.46. The Kier molecular flexibility index (Phi) is 12.7. The molecule has 7 heteroatoms. The minimum atomic E-state index is -0.697. The number of anilines is 6. The summed E-state index contributed by atoms with van der Waals surface area (Å²) >= 11 is 10.2. The molecular formula is C70H74BClN2O2S. The molecule has 9 aromatic carbocycles. The van der Waals surface area contributed by atoms with Crippen LogP contribution in [0.1, 0.15) is 133 Å². The van der Waals surface area contributed by atoms with Crippen LogP contribution in [-0.4, -0.2) is 18.3 Å². The number of benzene rings is 9. The molecule has 1 aliphatic rings. The van der Waals surface area contributed by atoms with Gasteiger partial charge in [0.1, 0.15) is 0 Å². The maximum absolute atomic E-state index is 8.46. The Morgan fingerprint density at radius 2 is 0.883 bits per heavy atom. The molecule has 0 N–H and O–H groups in total. The van der Waals surface area contributed by atoms with Crippen LogP contribution in [0.3, 0.4) is 0 Å². The number of halogens is 1. The zero-order valence-corrected chi connectivity index (χ0v) is 49.7. The standard InChI is InChI=1S/C70H74BClN2O2S/c1-65(2,3)46-24-30-51(31-25-46)73(57-36-28-48(67(7,8)9)38-55(57)53-34-22-45-21-20-43-18-17-19-44-23-35-54(53)63(45)62(43)44)58-40-50(71-75-69(13,14)70(15,16)76-71)41-59(64(58)72)74(52-32-26-47(27-33-52)66(4,5)6)60-42-77-61-37-29-49(39-56(60)61)68(10,11)12/h17-42H,1-16H3. The fraction of sp³-hybridized carbons (Fsp3) is 0.314. The molecule has 2 heterocycles. The van der Waals surface area contributed by atoms with E-state index in [1.807, 2.05) is 0 Å². The molecule has 1 saturated heterocycles. The Balaban J connectivity index is 1.25. The van der Waals surface area contributed by atoms with Crippen LogP contribution in [0.5, 0.6) is 0 Å². The molecule has 11 rings (SSSR count). The average Bonchev–Trinajstić information content (AvgIpc) is 3.98. The van der Waals surface area contributed by atoms with Crippen molar-refractivity contribution in [1.29, 1.82) is 0 Å². The number of rotatable bonds is 8. The van der Waals surface area contributed by atoms with Gasteiger partial charge in [0.15, 0.2) is 0 Å². The van der Waals surface area contributed by atoms with Crippen LogP contribution in [0, 0.1) is 0 Å². The first-order chi connectivity index (χ1) is 36.1. The van der Waals surface area contributed by atoms with Gasteiger partial charge in [-0.15, -0.1) is 11.3 Å². The Morgan fingerprint density at radius 3 is 1.42 bits per heavy atom. The Morgan fingerprint density at radius 1 is 0.429 bits per heavy atom. The second-order valence-corrected chi connectivity index (χ2v) is 28.0. The van der Waals surface area contributed by atoms with Gasteiger partial charge in [0.2, 0.25) is 0 Å². The van der Waals surface area contributed by atoms with Crippen molar-refractivity contribution >= 4 is 112 Å². The van der Waals surface area contributed by atoms with Crippen LogP contribution in [0.4, 0.5) is 34.1 Å². The summed E-state index contributed by atoms with van der Waals surface area (Å²) < 4.78 is 15.3. The minimum absolute atomic E-state index is 0.0421.